The molecule has 0 aliphatic carbocycles. The average molecular weight is 1370 g/mol. The first kappa shape index (κ1) is 73.2. The number of benzene rings is 6. The Bertz CT molecular complexity index is 4680. The van der Waals surface area contributed by atoms with Gasteiger partial charge in [-0.25, -0.2) is 9.59 Å². The summed E-state index contributed by atoms with van der Waals surface area (Å²) in [6.45, 7) is 7.39. The smallest absolute Gasteiger partial charge is 0.399 e. The van der Waals surface area contributed by atoms with E-state index in [1.165, 1.54) is 31.6 Å². The van der Waals surface area contributed by atoms with Crippen LogP contribution >= 0.6 is 0 Å². The van der Waals surface area contributed by atoms with Crippen LogP contribution < -0.4 is 43.1 Å². The number of carbonyl (C=O) groups is 7. The number of aromatic carboxylic acids is 1. The molecule has 6 aromatic carbocycles. The normalized spacial score (nSPS) is 11.1. The van der Waals surface area contributed by atoms with E-state index in [0.29, 0.717) is 47.0 Å². The predicted molar refractivity (Wildman–Crippen MR) is 368 cm³/mol. The van der Waals surface area contributed by atoms with Crippen LogP contribution in [0.4, 0.5) is 0 Å². The number of nitrogens with one attached hydrogen (secondary N) is 3. The molecule has 5 amide bonds. The van der Waals surface area contributed by atoms with Crippen molar-refractivity contribution in [2.75, 3.05) is 0 Å². The zero-order valence-corrected chi connectivity index (χ0v) is 54.6. The van der Waals surface area contributed by atoms with Crippen molar-refractivity contribution < 1.29 is 70.7 Å². The summed E-state index contributed by atoms with van der Waals surface area (Å²) in [5, 5.41) is 26.0. The molecule has 0 atom stereocenters. The number of hydrogen-bond acceptors (Lipinski definition) is 19. The summed E-state index contributed by atoms with van der Waals surface area (Å²) in [4.78, 5) is 141. The van der Waals surface area contributed by atoms with Crippen LogP contribution in [0, 0.1) is 27.7 Å². The lowest BCUT2D eigenvalue weighted by Gasteiger charge is -2.11. The van der Waals surface area contributed by atoms with Gasteiger partial charge in [-0.2, -0.15) is 0 Å². The SMILES string of the molecule is Cc1coc(C(=O)NCc2ccc(-c3ccccc3)cc2)cc1=O.Cc1coc(C(=O)NCc2ccc(-c3ccccc3)cc2)cc1=O.Cc1coc(C(=O)O)cc1=O.Cc1coc(C(=O)ON2C(=O)CCC2=O)cc1=O.O=C(NCc1ccc(-c2ccccc2)cc1)c1cc(=O)c(O)co1. The number of hydrogen-bond donors (Lipinski definition) is 5. The van der Waals surface area contributed by atoms with Crippen molar-refractivity contribution in [1.82, 2.24) is 21.0 Å². The highest BCUT2D eigenvalue weighted by atomic mass is 16.7. The fourth-order valence-corrected chi connectivity index (χ4v) is 8.82. The van der Waals surface area contributed by atoms with Crippen LogP contribution in [-0.2, 0) is 34.1 Å². The van der Waals surface area contributed by atoms with Crippen LogP contribution in [0.5, 0.6) is 5.75 Å². The maximum Gasteiger partial charge on any atom is 0.399 e. The number of nitrogens with zero attached hydrogens (tertiary/aromatic N) is 1. The zero-order chi connectivity index (χ0) is 72.5. The number of imide groups is 1. The molecule has 24 nitrogen and oxygen atoms in total. The van der Waals surface area contributed by atoms with Crippen molar-refractivity contribution in [1.29, 1.82) is 0 Å². The Morgan fingerprint density at radius 3 is 0.941 bits per heavy atom. The summed E-state index contributed by atoms with van der Waals surface area (Å²) < 4.78 is 24.7. The Morgan fingerprint density at radius 2 is 0.634 bits per heavy atom. The maximum atomic E-state index is 12.0. The van der Waals surface area contributed by atoms with Crippen LogP contribution in [0.2, 0.25) is 0 Å². The summed E-state index contributed by atoms with van der Waals surface area (Å²) in [7, 11) is 0. The number of hydroxylamine groups is 2. The van der Waals surface area contributed by atoms with Crippen LogP contribution in [0.25, 0.3) is 33.4 Å². The lowest BCUT2D eigenvalue weighted by molar-refractivity contribution is -0.173. The molecule has 1 aliphatic rings. The Hall–Kier alpha value is -13.6. The van der Waals surface area contributed by atoms with Gasteiger partial charge in [0, 0.05) is 85.1 Å². The van der Waals surface area contributed by atoms with Gasteiger partial charge in [0.1, 0.15) is 6.26 Å². The Kier molecular flexibility index (Phi) is 25.6. The molecule has 101 heavy (non-hydrogen) atoms. The van der Waals surface area contributed by atoms with Crippen molar-refractivity contribution in [2.45, 2.75) is 60.2 Å². The maximum absolute atomic E-state index is 12.0. The van der Waals surface area contributed by atoms with E-state index in [0.717, 1.165) is 87.1 Å². The van der Waals surface area contributed by atoms with E-state index in [1.54, 1.807) is 20.8 Å². The van der Waals surface area contributed by atoms with Crippen LogP contribution in [0.3, 0.4) is 0 Å². The van der Waals surface area contributed by atoms with Crippen molar-refractivity contribution in [2.24, 2.45) is 0 Å². The number of carboxylic acid groups (broad SMARTS) is 1. The molecule has 1 fully saturated rings. The van der Waals surface area contributed by atoms with E-state index in [2.05, 4.69) is 49.5 Å². The molecule has 24 heteroatoms. The lowest BCUT2D eigenvalue weighted by atomic mass is 10.0. The predicted octanol–water partition coefficient (Wildman–Crippen LogP) is 10.8. The number of amides is 5. The van der Waals surface area contributed by atoms with Crippen molar-refractivity contribution in [3.05, 3.63) is 344 Å². The quantitative estimate of drug-likeness (QED) is 0.0595. The van der Waals surface area contributed by atoms with Crippen molar-refractivity contribution in [3.63, 3.8) is 0 Å². The highest BCUT2D eigenvalue weighted by molar-refractivity contribution is 6.02. The van der Waals surface area contributed by atoms with E-state index in [4.69, 9.17) is 27.9 Å². The first-order chi connectivity index (χ1) is 48.5. The van der Waals surface area contributed by atoms with E-state index < -0.39 is 58.1 Å². The van der Waals surface area contributed by atoms with E-state index in [1.807, 2.05) is 140 Å². The molecule has 12 rings (SSSR count). The van der Waals surface area contributed by atoms with Gasteiger partial charge in [-0.05, 0) is 77.8 Å². The number of aryl methyl sites for hydroxylation is 4. The van der Waals surface area contributed by atoms with Gasteiger partial charge in [-0.3, -0.25) is 47.9 Å². The van der Waals surface area contributed by atoms with Crippen LogP contribution in [0.15, 0.2) is 271 Å². The van der Waals surface area contributed by atoms with Gasteiger partial charge in [0.2, 0.25) is 16.9 Å². The average Bonchev–Trinajstić information content (AvgIpc) is 1.53. The van der Waals surface area contributed by atoms with Gasteiger partial charge < -0.3 is 53.1 Å². The van der Waals surface area contributed by atoms with Gasteiger partial charge in [0.15, 0.2) is 44.7 Å². The largest absolute Gasteiger partial charge is 0.502 e. The molecule has 11 aromatic rings. The third-order valence-corrected chi connectivity index (χ3v) is 14.7. The first-order valence-corrected chi connectivity index (χ1v) is 30.8. The zero-order valence-electron chi connectivity index (χ0n) is 54.6. The molecule has 1 saturated heterocycles. The number of rotatable bonds is 15. The van der Waals surface area contributed by atoms with E-state index in [-0.39, 0.29) is 57.9 Å². The second-order valence-corrected chi connectivity index (χ2v) is 22.2. The molecule has 5 N–H and O–H groups in total. The molecule has 0 radical (unpaired) electrons. The highest BCUT2D eigenvalue weighted by Gasteiger charge is 2.34. The minimum atomic E-state index is -1.23. The molecule has 6 heterocycles. The standard InChI is InChI=1S/2C20H17NO3.C19H15NO4.C11H9NO6.C7H6O4/c2*1-14-13-24-19(11-18(14)22)20(23)21-12-15-7-9-17(10-8-15)16-5-3-2-4-6-16;21-16-10-18(24-12-17(16)22)19(23)20-11-13-6-8-15(9-7-13)14-4-2-1-3-5-14;1-6-5-17-8(4-7(6)13)11(16)18-12-9(14)2-3-10(12)15;1-4-3-11-6(7(9)10)2-5(4)8/h2*2-11,13H,12H2,1H3,(H,21,23);1-10,12,22H,11H2,(H,20,23);4-5H,2-3H2,1H3;2-3H,1H3,(H,9,10). The van der Waals surface area contributed by atoms with Gasteiger partial charge in [0.25, 0.3) is 29.5 Å². The molecule has 5 aromatic heterocycles. The Morgan fingerprint density at radius 1 is 0.366 bits per heavy atom. The Labute approximate surface area is 574 Å². The first-order valence-electron chi connectivity index (χ1n) is 30.8. The molecular weight excluding hydrogens is 1300 g/mol. The second kappa shape index (κ2) is 35.4. The second-order valence-electron chi connectivity index (χ2n) is 22.2. The molecule has 0 bridgehead atoms. The Balaban J connectivity index is 0.000000164. The van der Waals surface area contributed by atoms with Gasteiger partial charge in [-0.1, -0.05) is 164 Å². The van der Waals surface area contributed by atoms with Gasteiger partial charge >= 0.3 is 11.9 Å². The molecule has 0 unspecified atom stereocenters. The molecule has 1 aliphatic heterocycles. The fourth-order valence-electron chi connectivity index (χ4n) is 8.82. The van der Waals surface area contributed by atoms with Crippen molar-refractivity contribution >= 4 is 41.5 Å². The summed E-state index contributed by atoms with van der Waals surface area (Å²) in [6.07, 6.45) is 5.69. The summed E-state index contributed by atoms with van der Waals surface area (Å²) >= 11 is 0. The van der Waals surface area contributed by atoms with E-state index >= 15 is 0 Å². The molecule has 0 spiro atoms. The lowest BCUT2D eigenvalue weighted by Crippen LogP contribution is -2.32. The third kappa shape index (κ3) is 21.4. The summed E-state index contributed by atoms with van der Waals surface area (Å²) in [5.41, 5.74) is 9.50. The fraction of sp³-hybridized carbons (Fsp3) is 0.117. The highest BCUT2D eigenvalue weighted by Crippen LogP contribution is 2.23. The number of aromatic hydroxyl groups is 1. The molecule has 512 valence electrons. The topological polar surface area (TPSA) is 360 Å². The minimum Gasteiger partial charge on any atom is -0.502 e. The molecule has 0 saturated carbocycles. The van der Waals surface area contributed by atoms with Crippen molar-refractivity contribution in [3.8, 4) is 39.1 Å². The third-order valence-electron chi connectivity index (χ3n) is 14.7. The van der Waals surface area contributed by atoms with Crippen LogP contribution in [-0.4, -0.2) is 56.8 Å². The number of carbonyl (C=O) groups excluding carboxylic acids is 6. The van der Waals surface area contributed by atoms with Gasteiger partial charge in [-0.15, -0.1) is 5.06 Å². The number of carboxylic acids is 1. The van der Waals surface area contributed by atoms with Crippen LogP contribution in [0.1, 0.15) is 105 Å². The summed E-state index contributed by atoms with van der Waals surface area (Å²) in [5.74, 6) is -6.13. The van der Waals surface area contributed by atoms with E-state index in [9.17, 15) is 57.5 Å². The monoisotopic (exact) mass is 1360 g/mol. The van der Waals surface area contributed by atoms with Gasteiger partial charge in [0.05, 0.1) is 25.1 Å². The molecular formula is C77H64N4O20. The minimum absolute atomic E-state index is 0.00393. The summed E-state index contributed by atoms with van der Waals surface area (Å²) in [6, 6.07) is 59.2.